The molecule has 0 fully saturated rings. The normalized spacial score (nSPS) is 13.9. The second-order valence-electron chi connectivity index (χ2n) is 24.9. The number of hydrogen-bond donors (Lipinski definition) is 2. The molecule has 0 aliphatic heterocycles. The number of likely N-dealkylation sites (N-methyl/N-ethyl adjacent to an activating group) is 1. The third kappa shape index (κ3) is 62.3. The number of carbonyl (C=O) groups is 1. The highest BCUT2D eigenvalue weighted by Gasteiger charge is 2.24. The molecule has 3 atom stereocenters. The van der Waals surface area contributed by atoms with Crippen molar-refractivity contribution in [3.8, 4) is 0 Å². The summed E-state index contributed by atoms with van der Waals surface area (Å²) in [4.78, 5) is 25.6. The molecule has 1 amide bonds. The summed E-state index contributed by atoms with van der Waals surface area (Å²) in [6, 6.07) is -0.805. The number of phosphoric acid groups is 1. The van der Waals surface area contributed by atoms with Crippen LogP contribution in [0.3, 0.4) is 0 Å². The summed E-state index contributed by atoms with van der Waals surface area (Å²) < 4.78 is 23.5. The summed E-state index contributed by atoms with van der Waals surface area (Å²) in [5.41, 5.74) is 0. The Kier molecular flexibility index (Phi) is 59.3. The number of amides is 1. The molecule has 3 unspecified atom stereocenters. The quantitative estimate of drug-likeness (QED) is 0.0272. The van der Waals surface area contributed by atoms with E-state index in [0.717, 1.165) is 51.4 Å². The van der Waals surface area contributed by atoms with Gasteiger partial charge in [0.2, 0.25) is 5.91 Å². The molecule has 8 nitrogen and oxygen atoms in total. The van der Waals surface area contributed by atoms with Gasteiger partial charge in [0.25, 0.3) is 7.82 Å². The monoisotopic (exact) mass is 1120 g/mol. The molecular formula is C69H135N2O6P. The maximum absolute atomic E-state index is 13.0. The van der Waals surface area contributed by atoms with Crippen LogP contribution in [0.5, 0.6) is 0 Å². The van der Waals surface area contributed by atoms with E-state index in [4.69, 9.17) is 9.05 Å². The Labute approximate surface area is 487 Å². The lowest BCUT2D eigenvalue weighted by Gasteiger charge is -2.30. The first-order chi connectivity index (χ1) is 38.0. The molecule has 0 aromatic heterocycles. The average molecular weight is 1120 g/mol. The van der Waals surface area contributed by atoms with Crippen LogP contribution in [-0.2, 0) is 18.4 Å². The van der Waals surface area contributed by atoms with Crippen molar-refractivity contribution in [2.45, 2.75) is 360 Å². The van der Waals surface area contributed by atoms with Gasteiger partial charge in [0, 0.05) is 6.42 Å². The number of phosphoric ester groups is 1. The molecule has 0 spiro atoms. The van der Waals surface area contributed by atoms with E-state index < -0.39 is 20.0 Å². The lowest BCUT2D eigenvalue weighted by molar-refractivity contribution is -0.870. The van der Waals surface area contributed by atoms with Crippen LogP contribution in [-0.4, -0.2) is 68.5 Å². The fourth-order valence-electron chi connectivity index (χ4n) is 10.5. The Hall–Kier alpha value is -1.28. The Morgan fingerprint density at radius 1 is 0.449 bits per heavy atom. The van der Waals surface area contributed by atoms with E-state index in [1.807, 2.05) is 21.1 Å². The lowest BCUT2D eigenvalue weighted by atomic mass is 10.0. The molecule has 78 heavy (non-hydrogen) atoms. The van der Waals surface area contributed by atoms with Crippen LogP contribution in [0.1, 0.15) is 348 Å². The Balaban J connectivity index is 4.04. The number of nitrogens with zero attached hydrogens (tertiary/aromatic N) is 1. The molecular weight excluding hydrogens is 984 g/mol. The van der Waals surface area contributed by atoms with E-state index >= 15 is 0 Å². The van der Waals surface area contributed by atoms with E-state index in [2.05, 4.69) is 55.6 Å². The molecule has 0 heterocycles. The molecule has 0 bridgehead atoms. The first-order valence-corrected chi connectivity index (χ1v) is 35.8. The van der Waals surface area contributed by atoms with Crippen LogP contribution < -0.4 is 10.2 Å². The van der Waals surface area contributed by atoms with E-state index in [1.54, 1.807) is 0 Å². The maximum atomic E-state index is 13.0. The van der Waals surface area contributed by atoms with Crippen molar-refractivity contribution < 1.29 is 32.9 Å². The van der Waals surface area contributed by atoms with Gasteiger partial charge in [-0.2, -0.15) is 0 Å². The van der Waals surface area contributed by atoms with Crippen molar-refractivity contribution >= 4 is 13.7 Å². The van der Waals surface area contributed by atoms with E-state index in [9.17, 15) is 19.4 Å². The highest BCUT2D eigenvalue weighted by molar-refractivity contribution is 7.45. The third-order valence-electron chi connectivity index (χ3n) is 15.9. The number of aliphatic hydroxyl groups is 1. The Morgan fingerprint density at radius 3 is 1.08 bits per heavy atom. The predicted octanol–water partition coefficient (Wildman–Crippen LogP) is 21.0. The van der Waals surface area contributed by atoms with E-state index in [0.29, 0.717) is 23.9 Å². The number of nitrogens with one attached hydrogen (secondary N) is 1. The minimum Gasteiger partial charge on any atom is -0.756 e. The second kappa shape index (κ2) is 60.3. The average Bonchev–Trinajstić information content (AvgIpc) is 3.41. The van der Waals surface area contributed by atoms with Gasteiger partial charge in [-0.05, 0) is 51.4 Å². The lowest BCUT2D eigenvalue weighted by Crippen LogP contribution is -2.46. The summed E-state index contributed by atoms with van der Waals surface area (Å²) in [7, 11) is 1.31. The first kappa shape index (κ1) is 76.7. The number of allylic oxidation sites excluding steroid dienone is 6. The molecule has 0 aromatic carbocycles. The topological polar surface area (TPSA) is 108 Å². The van der Waals surface area contributed by atoms with Crippen molar-refractivity contribution in [3.05, 3.63) is 36.5 Å². The SMILES string of the molecule is CCCCCCC/C=C\C/C=C\C/C=C\CCCCCCCCCCCCC(=O)NC(COP(=O)([O-])OCC[N+](C)(C)C)C(O)CCCCCCCCCCCCCCCCCCCCCCCCCCCCCCCCC. The number of carbonyl (C=O) groups excluding carboxylic acids is 1. The minimum atomic E-state index is -4.58. The molecule has 0 aliphatic rings. The molecule has 2 N–H and O–H groups in total. The van der Waals surface area contributed by atoms with Gasteiger partial charge in [0.05, 0.1) is 39.9 Å². The minimum absolute atomic E-state index is 0.0118. The van der Waals surface area contributed by atoms with Crippen molar-refractivity contribution in [3.63, 3.8) is 0 Å². The fourth-order valence-corrected chi connectivity index (χ4v) is 11.2. The third-order valence-corrected chi connectivity index (χ3v) is 16.8. The van der Waals surface area contributed by atoms with E-state index in [-0.39, 0.29) is 19.1 Å². The first-order valence-electron chi connectivity index (χ1n) is 34.3. The van der Waals surface area contributed by atoms with Crippen LogP contribution in [0, 0.1) is 0 Å². The number of hydrogen-bond acceptors (Lipinski definition) is 6. The number of unbranched alkanes of at least 4 members (excludes halogenated alkanes) is 45. The number of aliphatic hydroxyl groups excluding tert-OH is 1. The van der Waals surface area contributed by atoms with Crippen LogP contribution in [0.2, 0.25) is 0 Å². The zero-order chi connectivity index (χ0) is 57.0. The second-order valence-corrected chi connectivity index (χ2v) is 26.3. The standard InChI is InChI=1S/C69H135N2O6P/c1-6-8-10-12-14-16-18-20-22-24-26-28-30-32-33-34-35-36-37-39-40-42-44-46-48-50-52-54-56-58-60-62-68(72)67(66-77-78(74,75)76-65-64-71(3,4)5)70-69(73)63-61-59-57-55-53-51-49-47-45-43-41-38-31-29-27-25-23-21-19-17-15-13-11-9-7-2/h19,21,25,27,31,38,67-68,72H,6-18,20,22-24,26,28-30,32-37,39-66H2,1-5H3,(H-,70,73,74,75)/b21-19-,27-25-,38-31-. The van der Waals surface area contributed by atoms with Gasteiger partial charge >= 0.3 is 0 Å². The largest absolute Gasteiger partial charge is 0.756 e. The van der Waals surface area contributed by atoms with E-state index in [1.165, 1.54) is 270 Å². The number of quaternary nitrogens is 1. The number of rotatable bonds is 64. The van der Waals surface area contributed by atoms with Crippen molar-refractivity contribution in [1.82, 2.24) is 5.32 Å². The van der Waals surface area contributed by atoms with Gasteiger partial charge in [-0.25, -0.2) is 0 Å². The van der Waals surface area contributed by atoms with Gasteiger partial charge in [-0.3, -0.25) is 9.36 Å². The Bertz CT molecular complexity index is 1360. The van der Waals surface area contributed by atoms with Gasteiger partial charge < -0.3 is 28.8 Å². The molecule has 0 saturated carbocycles. The van der Waals surface area contributed by atoms with Crippen molar-refractivity contribution in [1.29, 1.82) is 0 Å². The molecule has 0 saturated heterocycles. The fraction of sp³-hybridized carbons (Fsp3) is 0.899. The zero-order valence-corrected chi connectivity index (χ0v) is 53.8. The van der Waals surface area contributed by atoms with Crippen molar-refractivity contribution in [2.24, 2.45) is 0 Å². The van der Waals surface area contributed by atoms with Gasteiger partial charge in [0.1, 0.15) is 13.2 Å². The molecule has 0 aromatic rings. The summed E-state index contributed by atoms with van der Waals surface area (Å²) in [6.07, 6.45) is 79.3. The van der Waals surface area contributed by atoms with Crippen LogP contribution >= 0.6 is 7.82 Å². The predicted molar refractivity (Wildman–Crippen MR) is 339 cm³/mol. The van der Waals surface area contributed by atoms with Crippen molar-refractivity contribution in [2.75, 3.05) is 40.9 Å². The van der Waals surface area contributed by atoms with Gasteiger partial charge in [-0.15, -0.1) is 0 Å². The molecule has 0 rings (SSSR count). The zero-order valence-electron chi connectivity index (χ0n) is 52.9. The smallest absolute Gasteiger partial charge is 0.268 e. The van der Waals surface area contributed by atoms with Gasteiger partial charge in [0.15, 0.2) is 0 Å². The summed E-state index contributed by atoms with van der Waals surface area (Å²) in [5.74, 6) is -0.164. The summed E-state index contributed by atoms with van der Waals surface area (Å²) in [6.45, 7) is 4.76. The van der Waals surface area contributed by atoms with Crippen LogP contribution in [0.15, 0.2) is 36.5 Å². The van der Waals surface area contributed by atoms with Gasteiger partial charge in [-0.1, -0.05) is 326 Å². The molecule has 462 valence electrons. The van der Waals surface area contributed by atoms with Crippen LogP contribution in [0.4, 0.5) is 0 Å². The molecule has 0 radical (unpaired) electrons. The highest BCUT2D eigenvalue weighted by atomic mass is 31.2. The molecule has 0 aliphatic carbocycles. The summed E-state index contributed by atoms with van der Waals surface area (Å²) >= 11 is 0. The maximum Gasteiger partial charge on any atom is 0.268 e. The molecule has 9 heteroatoms. The van der Waals surface area contributed by atoms with Crippen LogP contribution in [0.25, 0.3) is 0 Å². The summed E-state index contributed by atoms with van der Waals surface area (Å²) in [5, 5.41) is 14.1. The Morgan fingerprint density at radius 2 is 0.744 bits per heavy atom. The highest BCUT2D eigenvalue weighted by Crippen LogP contribution is 2.38.